The maximum atomic E-state index is 5.77. The first kappa shape index (κ1) is 13.1. The second-order valence-electron chi connectivity index (χ2n) is 4.75. The molecule has 3 heterocycles. The zero-order valence-corrected chi connectivity index (χ0v) is 12.2. The summed E-state index contributed by atoms with van der Waals surface area (Å²) in [6, 6.07) is 7.94. The molecule has 1 N–H and O–H groups in total. The molecule has 0 aliphatic heterocycles. The average molecular weight is 290 g/mol. The molecule has 0 aliphatic rings. The van der Waals surface area contributed by atoms with Gasteiger partial charge in [0.15, 0.2) is 11.8 Å². The van der Waals surface area contributed by atoms with Crippen molar-refractivity contribution in [2.45, 2.75) is 19.5 Å². The van der Waals surface area contributed by atoms with Gasteiger partial charge in [-0.05, 0) is 30.5 Å². The highest BCUT2D eigenvalue weighted by molar-refractivity contribution is 7.13. The highest BCUT2D eigenvalue weighted by atomic mass is 32.1. The van der Waals surface area contributed by atoms with Gasteiger partial charge in [-0.3, -0.25) is 0 Å². The minimum atomic E-state index is 0.112. The molecule has 104 valence electrons. The van der Waals surface area contributed by atoms with Crippen LogP contribution in [-0.4, -0.2) is 17.2 Å². The van der Waals surface area contributed by atoms with Crippen LogP contribution in [-0.2, 0) is 6.54 Å². The van der Waals surface area contributed by atoms with Crippen molar-refractivity contribution in [1.82, 2.24) is 10.2 Å². The second kappa shape index (κ2) is 5.60. The second-order valence-corrected chi connectivity index (χ2v) is 5.69. The molecular weight excluding hydrogens is 274 g/mol. The molecule has 6 heteroatoms. The molecule has 0 saturated heterocycles. The maximum Gasteiger partial charge on any atom is 0.274 e. The molecule has 1 unspecified atom stereocenters. The predicted octanol–water partition coefficient (Wildman–Crippen LogP) is 2.17. The molecule has 0 saturated carbocycles. The molecule has 5 nitrogen and oxygen atoms in total. The highest BCUT2D eigenvalue weighted by Gasteiger charge is 2.23. The smallest absolute Gasteiger partial charge is 0.274 e. The van der Waals surface area contributed by atoms with Crippen molar-refractivity contribution in [1.29, 1.82) is 0 Å². The molecular formula is C14H16N3O2S+. The number of nitrogens with zero attached hydrogens (tertiary/aromatic N) is 2. The summed E-state index contributed by atoms with van der Waals surface area (Å²) in [4.78, 5) is 2.24. The lowest BCUT2D eigenvalue weighted by Gasteiger charge is -2.17. The molecule has 2 atom stereocenters. The van der Waals surface area contributed by atoms with Gasteiger partial charge in [0, 0.05) is 0 Å². The van der Waals surface area contributed by atoms with Gasteiger partial charge in [-0.25, -0.2) is 0 Å². The zero-order chi connectivity index (χ0) is 13.9. The van der Waals surface area contributed by atoms with Gasteiger partial charge in [-0.2, -0.15) is 0 Å². The summed E-state index contributed by atoms with van der Waals surface area (Å²) in [6.07, 6.45) is 1.69. The Kier molecular flexibility index (Phi) is 3.66. The summed E-state index contributed by atoms with van der Waals surface area (Å²) in [7, 11) is 2.09. The van der Waals surface area contributed by atoms with Crippen LogP contribution in [0.3, 0.4) is 0 Å². The Morgan fingerprint density at radius 2 is 2.20 bits per heavy atom. The number of hydrogen-bond donors (Lipinski definition) is 1. The monoisotopic (exact) mass is 290 g/mol. The van der Waals surface area contributed by atoms with E-state index in [-0.39, 0.29) is 6.04 Å². The van der Waals surface area contributed by atoms with E-state index in [1.54, 1.807) is 17.6 Å². The van der Waals surface area contributed by atoms with Crippen LogP contribution in [0.25, 0.3) is 10.8 Å². The number of hydrogen-bond acceptors (Lipinski definition) is 5. The number of quaternary nitrogens is 1. The Bertz CT molecular complexity index is 646. The topological polar surface area (TPSA) is 56.5 Å². The molecule has 0 bridgehead atoms. The number of aromatic nitrogens is 2. The third kappa shape index (κ3) is 2.66. The number of nitrogens with one attached hydrogen (secondary N) is 1. The molecule has 3 aromatic heterocycles. The summed E-state index contributed by atoms with van der Waals surface area (Å²) in [5.41, 5.74) is 0. The van der Waals surface area contributed by atoms with Crippen molar-refractivity contribution in [2.75, 3.05) is 7.05 Å². The van der Waals surface area contributed by atoms with Gasteiger partial charge >= 0.3 is 0 Å². The van der Waals surface area contributed by atoms with Crippen LogP contribution in [0.15, 0.2) is 44.7 Å². The van der Waals surface area contributed by atoms with Crippen molar-refractivity contribution in [3.63, 3.8) is 0 Å². The number of thiophene rings is 1. The SMILES string of the molecule is C[C@H](c1nnc(-c2cccs2)o1)[NH+](C)Cc1ccco1. The van der Waals surface area contributed by atoms with Crippen LogP contribution >= 0.6 is 11.3 Å². The van der Waals surface area contributed by atoms with Gasteiger partial charge in [-0.1, -0.05) is 6.07 Å². The van der Waals surface area contributed by atoms with E-state index in [1.165, 1.54) is 4.90 Å². The van der Waals surface area contributed by atoms with Crippen molar-refractivity contribution in [3.05, 3.63) is 47.6 Å². The van der Waals surface area contributed by atoms with Crippen molar-refractivity contribution in [2.24, 2.45) is 0 Å². The summed E-state index contributed by atoms with van der Waals surface area (Å²) < 4.78 is 11.1. The molecule has 0 spiro atoms. The largest absolute Gasteiger partial charge is 0.463 e. The average Bonchev–Trinajstić information content (AvgIpc) is 3.18. The first-order chi connectivity index (χ1) is 9.74. The van der Waals surface area contributed by atoms with E-state index in [0.29, 0.717) is 11.8 Å². The fourth-order valence-electron chi connectivity index (χ4n) is 1.96. The summed E-state index contributed by atoms with van der Waals surface area (Å²) >= 11 is 1.60. The molecule has 3 aromatic rings. The normalized spacial score (nSPS) is 14.3. The van der Waals surface area contributed by atoms with Gasteiger partial charge in [-0.15, -0.1) is 21.5 Å². The summed E-state index contributed by atoms with van der Waals surface area (Å²) in [5, 5.41) is 10.3. The van der Waals surface area contributed by atoms with E-state index >= 15 is 0 Å². The molecule has 20 heavy (non-hydrogen) atoms. The molecule has 0 aromatic carbocycles. The van der Waals surface area contributed by atoms with Crippen molar-refractivity contribution >= 4 is 11.3 Å². The van der Waals surface area contributed by atoms with Crippen LogP contribution < -0.4 is 4.90 Å². The zero-order valence-electron chi connectivity index (χ0n) is 11.4. The summed E-state index contributed by atoms with van der Waals surface area (Å²) in [6.45, 7) is 2.86. The quantitative estimate of drug-likeness (QED) is 0.782. The van der Waals surface area contributed by atoms with Gasteiger partial charge in [0.2, 0.25) is 0 Å². The van der Waals surface area contributed by atoms with E-state index in [2.05, 4.69) is 24.2 Å². The Hall–Kier alpha value is -1.92. The summed E-state index contributed by atoms with van der Waals surface area (Å²) in [5.74, 6) is 2.19. The fraction of sp³-hybridized carbons (Fsp3) is 0.286. The van der Waals surface area contributed by atoms with E-state index in [0.717, 1.165) is 17.2 Å². The molecule has 0 radical (unpaired) electrons. The Labute approximate surface area is 120 Å². The lowest BCUT2D eigenvalue weighted by Crippen LogP contribution is -3.07. The number of rotatable bonds is 5. The minimum Gasteiger partial charge on any atom is -0.463 e. The Balaban J connectivity index is 1.72. The van der Waals surface area contributed by atoms with E-state index in [4.69, 9.17) is 8.83 Å². The first-order valence-electron chi connectivity index (χ1n) is 6.46. The first-order valence-corrected chi connectivity index (χ1v) is 7.34. The van der Waals surface area contributed by atoms with Crippen LogP contribution in [0, 0.1) is 0 Å². The standard InChI is InChI=1S/C14H15N3O2S/c1-10(17(2)9-11-5-3-7-18-11)13-15-16-14(19-13)12-6-4-8-20-12/h3-8,10H,9H2,1-2H3/p+1/t10-/m1/s1. The van der Waals surface area contributed by atoms with Crippen LogP contribution in [0.2, 0.25) is 0 Å². The van der Waals surface area contributed by atoms with Gasteiger partial charge in [0.05, 0.1) is 18.2 Å². The molecule has 0 amide bonds. The molecule has 0 aliphatic carbocycles. The van der Waals surface area contributed by atoms with E-state index < -0.39 is 0 Å². The third-order valence-corrected chi connectivity index (χ3v) is 4.17. The minimum absolute atomic E-state index is 0.112. The van der Waals surface area contributed by atoms with Gasteiger partial charge in [0.1, 0.15) is 6.54 Å². The predicted molar refractivity (Wildman–Crippen MR) is 75.3 cm³/mol. The van der Waals surface area contributed by atoms with Crippen molar-refractivity contribution < 1.29 is 13.7 Å². The Morgan fingerprint density at radius 3 is 2.90 bits per heavy atom. The third-order valence-electron chi connectivity index (χ3n) is 3.32. The van der Waals surface area contributed by atoms with Crippen molar-refractivity contribution in [3.8, 4) is 10.8 Å². The van der Waals surface area contributed by atoms with Crippen LogP contribution in [0.5, 0.6) is 0 Å². The van der Waals surface area contributed by atoms with E-state index in [1.807, 2.05) is 29.6 Å². The fourth-order valence-corrected chi connectivity index (χ4v) is 2.61. The molecule has 0 fully saturated rings. The van der Waals surface area contributed by atoms with Crippen LogP contribution in [0.4, 0.5) is 0 Å². The van der Waals surface area contributed by atoms with Gasteiger partial charge in [0.25, 0.3) is 11.8 Å². The lowest BCUT2D eigenvalue weighted by molar-refractivity contribution is -0.926. The lowest BCUT2D eigenvalue weighted by atomic mass is 10.3. The Morgan fingerprint density at radius 1 is 1.30 bits per heavy atom. The van der Waals surface area contributed by atoms with Gasteiger partial charge < -0.3 is 13.7 Å². The van der Waals surface area contributed by atoms with E-state index in [9.17, 15) is 0 Å². The molecule has 3 rings (SSSR count). The highest BCUT2D eigenvalue weighted by Crippen LogP contribution is 2.24. The number of furan rings is 1. The van der Waals surface area contributed by atoms with Crippen LogP contribution in [0.1, 0.15) is 24.6 Å². The maximum absolute atomic E-state index is 5.77.